The van der Waals surface area contributed by atoms with Gasteiger partial charge in [0, 0.05) is 6.54 Å². The van der Waals surface area contributed by atoms with Gasteiger partial charge in [-0.1, -0.05) is 0 Å². The van der Waals surface area contributed by atoms with Crippen molar-refractivity contribution < 1.29 is 33.3 Å². The average Bonchev–Trinajstić information content (AvgIpc) is 2.80. The summed E-state index contributed by atoms with van der Waals surface area (Å²) in [5, 5.41) is 0. The van der Waals surface area contributed by atoms with E-state index in [4.69, 9.17) is 21.3 Å². The van der Waals surface area contributed by atoms with Gasteiger partial charge >= 0.3 is 7.82 Å². The lowest BCUT2D eigenvalue weighted by Gasteiger charge is -2.35. The molecule has 2 amide bonds. The van der Waals surface area contributed by atoms with Gasteiger partial charge in [-0.25, -0.2) is 4.57 Å². The van der Waals surface area contributed by atoms with E-state index in [2.05, 4.69) is 4.52 Å². The second kappa shape index (κ2) is 6.43. The number of phosphoric ester groups is 1. The van der Waals surface area contributed by atoms with Crippen molar-refractivity contribution in [1.29, 1.82) is 0 Å². The summed E-state index contributed by atoms with van der Waals surface area (Å²) in [6.45, 7) is 2.45. The van der Waals surface area contributed by atoms with Crippen LogP contribution in [0.1, 0.15) is 26.7 Å². The molecule has 0 aromatic heterocycles. The molecule has 1 aliphatic heterocycles. The second-order valence-electron chi connectivity index (χ2n) is 5.20. The summed E-state index contributed by atoms with van der Waals surface area (Å²) >= 11 is 0. The van der Waals surface area contributed by atoms with Gasteiger partial charge in [0.05, 0.1) is 6.10 Å². The van der Waals surface area contributed by atoms with Gasteiger partial charge in [-0.05, 0) is 26.7 Å². The van der Waals surface area contributed by atoms with E-state index in [1.54, 1.807) is 0 Å². The SMILES string of the molecule is CC(=O)[C@@]1(C(N)=O)CCCN1C(=O)[C@@H](N)[C@@H](C)OP(=O)(O)O. The maximum atomic E-state index is 12.4. The Kier molecular flexibility index (Phi) is 5.47. The van der Waals surface area contributed by atoms with Crippen molar-refractivity contribution in [2.24, 2.45) is 11.5 Å². The van der Waals surface area contributed by atoms with Crippen LogP contribution >= 0.6 is 7.82 Å². The van der Waals surface area contributed by atoms with Crippen LogP contribution in [0.5, 0.6) is 0 Å². The minimum absolute atomic E-state index is 0.0872. The minimum atomic E-state index is -4.83. The first-order chi connectivity index (χ1) is 9.93. The zero-order chi connectivity index (χ0) is 17.3. The summed E-state index contributed by atoms with van der Waals surface area (Å²) in [4.78, 5) is 54.4. The van der Waals surface area contributed by atoms with Gasteiger partial charge in [0.15, 0.2) is 11.3 Å². The summed E-state index contributed by atoms with van der Waals surface area (Å²) in [5.74, 6) is -2.37. The van der Waals surface area contributed by atoms with E-state index in [-0.39, 0.29) is 13.0 Å². The molecule has 0 unspecified atom stereocenters. The van der Waals surface area contributed by atoms with Gasteiger partial charge in [0.2, 0.25) is 5.91 Å². The molecule has 0 spiro atoms. The van der Waals surface area contributed by atoms with E-state index in [1.165, 1.54) is 6.92 Å². The van der Waals surface area contributed by atoms with E-state index < -0.39 is 43.1 Å². The van der Waals surface area contributed by atoms with Crippen LogP contribution in [0.3, 0.4) is 0 Å². The fourth-order valence-electron chi connectivity index (χ4n) is 2.58. The van der Waals surface area contributed by atoms with Crippen LogP contribution in [0.2, 0.25) is 0 Å². The monoisotopic (exact) mass is 337 g/mol. The first-order valence-electron chi connectivity index (χ1n) is 6.55. The molecule has 0 aliphatic carbocycles. The Balaban J connectivity index is 3.03. The number of primary amides is 1. The fourth-order valence-corrected chi connectivity index (χ4v) is 3.14. The molecule has 3 atom stereocenters. The highest BCUT2D eigenvalue weighted by Crippen LogP contribution is 2.38. The van der Waals surface area contributed by atoms with Crippen LogP contribution in [0.4, 0.5) is 0 Å². The Bertz CT molecular complexity index is 518. The number of carbonyl (C=O) groups is 3. The molecule has 126 valence electrons. The quantitative estimate of drug-likeness (QED) is 0.326. The van der Waals surface area contributed by atoms with Crippen molar-refractivity contribution in [3.8, 4) is 0 Å². The molecule has 1 saturated heterocycles. The Morgan fingerprint density at radius 1 is 1.36 bits per heavy atom. The van der Waals surface area contributed by atoms with Crippen LogP contribution in [0, 0.1) is 0 Å². The number of rotatable bonds is 6. The summed E-state index contributed by atoms with van der Waals surface area (Å²) in [6, 6.07) is -1.45. The largest absolute Gasteiger partial charge is 0.469 e. The smallest absolute Gasteiger partial charge is 0.367 e. The predicted molar refractivity (Wildman–Crippen MR) is 74.1 cm³/mol. The number of hydrogen-bond acceptors (Lipinski definition) is 6. The molecule has 11 heteroatoms. The lowest BCUT2D eigenvalue weighted by molar-refractivity contribution is -0.152. The first kappa shape index (κ1) is 18.7. The Hall–Kier alpha value is -1.32. The third-order valence-corrected chi connectivity index (χ3v) is 4.34. The van der Waals surface area contributed by atoms with Gasteiger partial charge in [-0.3, -0.25) is 18.9 Å². The number of hydrogen-bond donors (Lipinski definition) is 4. The number of ketones is 1. The summed E-state index contributed by atoms with van der Waals surface area (Å²) in [5.41, 5.74) is 9.17. The van der Waals surface area contributed by atoms with E-state index in [1.807, 2.05) is 0 Å². The van der Waals surface area contributed by atoms with Crippen LogP contribution in [-0.2, 0) is 23.5 Å². The number of carbonyl (C=O) groups excluding carboxylic acids is 3. The number of likely N-dealkylation sites (tertiary alicyclic amines) is 1. The van der Waals surface area contributed by atoms with Crippen molar-refractivity contribution >= 4 is 25.4 Å². The molecule has 0 aromatic rings. The molecule has 1 rings (SSSR count). The highest BCUT2D eigenvalue weighted by Gasteiger charge is 2.53. The van der Waals surface area contributed by atoms with Crippen molar-refractivity contribution in [2.45, 2.75) is 44.4 Å². The van der Waals surface area contributed by atoms with Crippen LogP contribution in [0.15, 0.2) is 0 Å². The molecule has 0 radical (unpaired) electrons. The molecule has 1 fully saturated rings. The highest BCUT2D eigenvalue weighted by molar-refractivity contribution is 7.46. The van der Waals surface area contributed by atoms with Gasteiger partial charge in [0.1, 0.15) is 6.04 Å². The average molecular weight is 337 g/mol. The van der Waals surface area contributed by atoms with E-state index in [9.17, 15) is 18.9 Å². The minimum Gasteiger partial charge on any atom is -0.367 e. The normalized spacial score (nSPS) is 24.9. The third kappa shape index (κ3) is 3.53. The number of nitrogens with two attached hydrogens (primary N) is 2. The zero-order valence-electron chi connectivity index (χ0n) is 12.3. The second-order valence-corrected chi connectivity index (χ2v) is 6.39. The van der Waals surface area contributed by atoms with Gasteiger partial charge in [-0.15, -0.1) is 0 Å². The number of nitrogens with zero attached hydrogens (tertiary/aromatic N) is 1. The summed E-state index contributed by atoms with van der Waals surface area (Å²) < 4.78 is 15.2. The highest BCUT2D eigenvalue weighted by atomic mass is 31.2. The zero-order valence-corrected chi connectivity index (χ0v) is 13.2. The fraction of sp³-hybridized carbons (Fsp3) is 0.727. The Labute approximate surface area is 127 Å². The van der Waals surface area contributed by atoms with Gasteiger partial charge in [-0.2, -0.15) is 0 Å². The van der Waals surface area contributed by atoms with E-state index in [0.29, 0.717) is 6.42 Å². The number of Topliss-reactive ketones (excluding diaryl/α,β-unsaturated/α-hetero) is 1. The summed E-state index contributed by atoms with van der Waals surface area (Å²) in [6.07, 6.45) is -0.843. The van der Waals surface area contributed by atoms with E-state index >= 15 is 0 Å². The standard InChI is InChI=1S/C11H20N3O7P/c1-6(21-22(18,19)20)8(12)9(16)14-5-3-4-11(14,7(2)15)10(13)17/h6,8H,3-5,12H2,1-2H3,(H2,13,17)(H2,18,19,20)/t6-,8+,11-/m1/s1. The van der Waals surface area contributed by atoms with Crippen molar-refractivity contribution in [3.63, 3.8) is 0 Å². The van der Waals surface area contributed by atoms with Crippen LogP contribution < -0.4 is 11.5 Å². The van der Waals surface area contributed by atoms with Crippen LogP contribution in [0.25, 0.3) is 0 Å². The molecular weight excluding hydrogens is 317 g/mol. The maximum Gasteiger partial charge on any atom is 0.469 e. The molecule has 10 nitrogen and oxygen atoms in total. The van der Waals surface area contributed by atoms with Crippen molar-refractivity contribution in [3.05, 3.63) is 0 Å². The molecule has 0 aromatic carbocycles. The lowest BCUT2D eigenvalue weighted by Crippen LogP contribution is -2.64. The molecule has 22 heavy (non-hydrogen) atoms. The molecule has 6 N–H and O–H groups in total. The lowest BCUT2D eigenvalue weighted by atomic mass is 9.90. The van der Waals surface area contributed by atoms with Crippen LogP contribution in [-0.4, -0.2) is 56.5 Å². The topological polar surface area (TPSA) is 173 Å². The number of phosphoric acid groups is 1. The number of amides is 2. The Morgan fingerprint density at radius 3 is 2.32 bits per heavy atom. The molecule has 0 bridgehead atoms. The molecular formula is C11H20N3O7P. The third-order valence-electron chi connectivity index (χ3n) is 3.73. The van der Waals surface area contributed by atoms with E-state index in [0.717, 1.165) is 11.8 Å². The summed E-state index contributed by atoms with van der Waals surface area (Å²) in [7, 11) is -4.83. The first-order valence-corrected chi connectivity index (χ1v) is 8.08. The molecule has 1 heterocycles. The molecule has 0 saturated carbocycles. The maximum absolute atomic E-state index is 12.4. The molecule has 1 aliphatic rings. The van der Waals surface area contributed by atoms with Crippen molar-refractivity contribution in [2.75, 3.05) is 6.54 Å². The van der Waals surface area contributed by atoms with Gasteiger partial charge < -0.3 is 26.2 Å². The van der Waals surface area contributed by atoms with Gasteiger partial charge in [0.25, 0.3) is 5.91 Å². The Morgan fingerprint density at radius 2 is 1.91 bits per heavy atom. The predicted octanol–water partition coefficient (Wildman–Crippen LogP) is -1.75. The van der Waals surface area contributed by atoms with Crippen molar-refractivity contribution in [1.82, 2.24) is 4.90 Å².